The highest BCUT2D eigenvalue weighted by molar-refractivity contribution is 5.49. The van der Waals surface area contributed by atoms with Gasteiger partial charge in [-0.05, 0) is 12.1 Å². The van der Waals surface area contributed by atoms with Gasteiger partial charge in [0.1, 0.15) is 5.82 Å². The van der Waals surface area contributed by atoms with Gasteiger partial charge in [0, 0.05) is 55.5 Å². The minimum atomic E-state index is 0.364. The lowest BCUT2D eigenvalue weighted by Crippen LogP contribution is -2.31. The van der Waals surface area contributed by atoms with Crippen LogP contribution in [0.15, 0.2) is 39.6 Å². The molecule has 4 heterocycles. The molecule has 0 fully saturated rings. The Bertz CT molecular complexity index is 823. The molecule has 24 heavy (non-hydrogen) atoms. The summed E-state index contributed by atoms with van der Waals surface area (Å²) in [6, 6.07) is 5.64. The van der Waals surface area contributed by atoms with Crippen molar-refractivity contribution in [2.45, 2.75) is 39.3 Å². The fourth-order valence-corrected chi connectivity index (χ4v) is 2.95. The van der Waals surface area contributed by atoms with E-state index in [1.165, 1.54) is 11.3 Å². The van der Waals surface area contributed by atoms with Gasteiger partial charge in [-0.15, -0.1) is 0 Å². The quantitative estimate of drug-likeness (QED) is 0.732. The van der Waals surface area contributed by atoms with Gasteiger partial charge in [0.25, 0.3) is 0 Å². The molecule has 3 aromatic heterocycles. The van der Waals surface area contributed by atoms with Gasteiger partial charge in [0.15, 0.2) is 5.76 Å². The van der Waals surface area contributed by atoms with Crippen molar-refractivity contribution in [2.75, 3.05) is 6.54 Å². The topological polar surface area (TPSA) is 68.2 Å². The standard InChI is InChI=1S/C18H20N4O2/c1-12(2)18-19-9-13-10-22(6-5-15(13)20-18)11-14-8-17(24-21-14)16-4-3-7-23-16/h3-4,7-9,12H,5-6,10-11H2,1-2H3. The Kier molecular flexibility index (Phi) is 3.90. The van der Waals surface area contributed by atoms with Gasteiger partial charge >= 0.3 is 0 Å². The maximum absolute atomic E-state index is 5.37. The first kappa shape index (κ1) is 15.1. The van der Waals surface area contributed by atoms with Gasteiger partial charge < -0.3 is 8.94 Å². The van der Waals surface area contributed by atoms with Crippen molar-refractivity contribution in [3.8, 4) is 11.5 Å². The number of rotatable bonds is 4. The van der Waals surface area contributed by atoms with Crippen LogP contribution in [0, 0.1) is 0 Å². The third-order valence-electron chi connectivity index (χ3n) is 4.26. The molecular formula is C18H20N4O2. The lowest BCUT2D eigenvalue weighted by atomic mass is 10.1. The Morgan fingerprint density at radius 1 is 1.29 bits per heavy atom. The van der Waals surface area contributed by atoms with E-state index in [0.717, 1.165) is 37.6 Å². The van der Waals surface area contributed by atoms with Gasteiger partial charge in [-0.2, -0.15) is 0 Å². The molecule has 124 valence electrons. The molecule has 0 amide bonds. The molecule has 1 aliphatic heterocycles. The molecule has 0 aromatic carbocycles. The van der Waals surface area contributed by atoms with E-state index in [0.29, 0.717) is 17.4 Å². The van der Waals surface area contributed by atoms with Crippen LogP contribution < -0.4 is 0 Å². The summed E-state index contributed by atoms with van der Waals surface area (Å²) in [6.07, 6.45) is 4.55. The predicted molar refractivity (Wildman–Crippen MR) is 88.1 cm³/mol. The smallest absolute Gasteiger partial charge is 0.202 e. The maximum Gasteiger partial charge on any atom is 0.202 e. The molecule has 3 aromatic rings. The Morgan fingerprint density at radius 2 is 2.21 bits per heavy atom. The van der Waals surface area contributed by atoms with Crippen LogP contribution in [0.25, 0.3) is 11.5 Å². The van der Waals surface area contributed by atoms with Crippen molar-refractivity contribution in [1.29, 1.82) is 0 Å². The number of furan rings is 1. The lowest BCUT2D eigenvalue weighted by Gasteiger charge is -2.27. The molecule has 0 saturated heterocycles. The average molecular weight is 324 g/mol. The minimum absolute atomic E-state index is 0.364. The zero-order valence-corrected chi connectivity index (χ0v) is 13.9. The molecule has 0 saturated carbocycles. The third kappa shape index (κ3) is 2.97. The van der Waals surface area contributed by atoms with Crippen LogP contribution in [-0.4, -0.2) is 26.6 Å². The highest BCUT2D eigenvalue weighted by Gasteiger charge is 2.20. The summed E-state index contributed by atoms with van der Waals surface area (Å²) in [7, 11) is 0. The summed E-state index contributed by atoms with van der Waals surface area (Å²) < 4.78 is 10.7. The van der Waals surface area contributed by atoms with Crippen molar-refractivity contribution in [2.24, 2.45) is 0 Å². The van der Waals surface area contributed by atoms with Gasteiger partial charge in [-0.3, -0.25) is 4.90 Å². The maximum atomic E-state index is 5.37. The van der Waals surface area contributed by atoms with E-state index in [1.807, 2.05) is 24.4 Å². The van der Waals surface area contributed by atoms with Crippen LogP contribution in [0.2, 0.25) is 0 Å². The van der Waals surface area contributed by atoms with E-state index in [1.54, 1.807) is 6.26 Å². The first-order chi connectivity index (χ1) is 11.7. The van der Waals surface area contributed by atoms with E-state index < -0.39 is 0 Å². The number of aromatic nitrogens is 3. The molecule has 0 N–H and O–H groups in total. The van der Waals surface area contributed by atoms with Crippen LogP contribution in [0.5, 0.6) is 0 Å². The number of nitrogens with zero attached hydrogens (tertiary/aromatic N) is 4. The first-order valence-corrected chi connectivity index (χ1v) is 8.25. The van der Waals surface area contributed by atoms with Crippen LogP contribution in [0.3, 0.4) is 0 Å². The highest BCUT2D eigenvalue weighted by Crippen LogP contribution is 2.23. The molecular weight excluding hydrogens is 304 g/mol. The van der Waals surface area contributed by atoms with Gasteiger partial charge in [0.2, 0.25) is 5.76 Å². The summed E-state index contributed by atoms with van der Waals surface area (Å²) in [5.74, 6) is 2.66. The van der Waals surface area contributed by atoms with Crippen LogP contribution in [-0.2, 0) is 19.5 Å². The number of hydrogen-bond acceptors (Lipinski definition) is 6. The zero-order chi connectivity index (χ0) is 16.5. The Balaban J connectivity index is 1.45. The predicted octanol–water partition coefficient (Wildman–Crippen LogP) is 3.41. The van der Waals surface area contributed by atoms with Gasteiger partial charge in [-0.25, -0.2) is 9.97 Å². The van der Waals surface area contributed by atoms with E-state index in [2.05, 4.69) is 28.9 Å². The van der Waals surface area contributed by atoms with Crippen molar-refractivity contribution in [3.63, 3.8) is 0 Å². The van der Waals surface area contributed by atoms with Crippen LogP contribution in [0.4, 0.5) is 0 Å². The normalized spacial score (nSPS) is 15.0. The van der Waals surface area contributed by atoms with Gasteiger partial charge in [-0.1, -0.05) is 19.0 Å². The van der Waals surface area contributed by atoms with E-state index in [-0.39, 0.29) is 0 Å². The summed E-state index contributed by atoms with van der Waals surface area (Å²) in [5.41, 5.74) is 3.30. The molecule has 0 bridgehead atoms. The van der Waals surface area contributed by atoms with Gasteiger partial charge in [0.05, 0.1) is 12.0 Å². The number of fused-ring (bicyclic) bond motifs is 1. The second-order valence-electron chi connectivity index (χ2n) is 6.48. The van der Waals surface area contributed by atoms with Crippen LogP contribution in [0.1, 0.15) is 42.5 Å². The van der Waals surface area contributed by atoms with Crippen LogP contribution >= 0.6 is 0 Å². The van der Waals surface area contributed by atoms with E-state index in [4.69, 9.17) is 13.9 Å². The molecule has 6 heteroatoms. The fraction of sp³-hybridized carbons (Fsp3) is 0.389. The first-order valence-electron chi connectivity index (χ1n) is 8.25. The van der Waals surface area contributed by atoms with Crippen molar-refractivity contribution < 1.29 is 8.94 Å². The Labute approximate surface area is 140 Å². The number of hydrogen-bond donors (Lipinski definition) is 0. The monoisotopic (exact) mass is 324 g/mol. The highest BCUT2D eigenvalue weighted by atomic mass is 16.5. The minimum Gasteiger partial charge on any atom is -0.461 e. The molecule has 1 aliphatic rings. The molecule has 6 nitrogen and oxygen atoms in total. The SMILES string of the molecule is CC(C)c1ncc2c(n1)CCN(Cc1cc(-c3ccco3)on1)C2. The molecule has 4 rings (SSSR count). The molecule has 0 unspecified atom stereocenters. The molecule has 0 spiro atoms. The zero-order valence-electron chi connectivity index (χ0n) is 13.9. The lowest BCUT2D eigenvalue weighted by molar-refractivity contribution is 0.235. The largest absolute Gasteiger partial charge is 0.461 e. The second-order valence-corrected chi connectivity index (χ2v) is 6.48. The summed E-state index contributed by atoms with van der Waals surface area (Å²) >= 11 is 0. The fourth-order valence-electron chi connectivity index (χ4n) is 2.95. The molecule has 0 atom stereocenters. The van der Waals surface area contributed by atoms with E-state index >= 15 is 0 Å². The average Bonchev–Trinajstić information content (AvgIpc) is 3.25. The summed E-state index contributed by atoms with van der Waals surface area (Å²) in [6.45, 7) is 6.80. The second kappa shape index (κ2) is 6.20. The van der Waals surface area contributed by atoms with E-state index in [9.17, 15) is 0 Å². The third-order valence-corrected chi connectivity index (χ3v) is 4.26. The van der Waals surface area contributed by atoms with Crippen molar-refractivity contribution >= 4 is 0 Å². The van der Waals surface area contributed by atoms with Crippen molar-refractivity contribution in [3.05, 3.63) is 53.4 Å². The Hall–Kier alpha value is -2.47. The summed E-state index contributed by atoms with van der Waals surface area (Å²) in [4.78, 5) is 11.5. The Morgan fingerprint density at radius 3 is 3.00 bits per heavy atom. The molecule has 0 radical (unpaired) electrons. The molecule has 0 aliphatic carbocycles. The van der Waals surface area contributed by atoms with Crippen molar-refractivity contribution in [1.82, 2.24) is 20.0 Å². The summed E-state index contributed by atoms with van der Waals surface area (Å²) in [5, 5.41) is 4.15.